The van der Waals surface area contributed by atoms with E-state index >= 15 is 0 Å². The number of hydrogen-bond acceptors (Lipinski definition) is 0. The first-order chi connectivity index (χ1) is 5.80. The zero-order chi connectivity index (χ0) is 10.5. The van der Waals surface area contributed by atoms with Crippen LogP contribution in [0.5, 0.6) is 0 Å². The third-order valence-electron chi connectivity index (χ3n) is 0.766. The second-order valence-electron chi connectivity index (χ2n) is 1.83. The summed E-state index contributed by atoms with van der Waals surface area (Å²) < 4.78 is 62.8. The zero-order valence-electron chi connectivity index (χ0n) is 6.10. The Balaban J connectivity index is 0.000000252. The lowest BCUT2D eigenvalue weighted by Gasteiger charge is -1.94. The van der Waals surface area contributed by atoms with E-state index < -0.39 is 13.2 Å². The second-order valence-corrected chi connectivity index (χ2v) is 1.83. The number of pyridine rings is 1. The van der Waals surface area contributed by atoms with Crippen LogP contribution in [0.3, 0.4) is 0 Å². The number of hydrogen-bond donors (Lipinski definition) is 0. The van der Waals surface area contributed by atoms with Gasteiger partial charge >= 0.3 is 13.2 Å². The summed E-state index contributed by atoms with van der Waals surface area (Å²) in [4.78, 5) is -0.0833. The van der Waals surface area contributed by atoms with Crippen LogP contribution in [-0.2, 0) is 0 Å². The molecule has 0 saturated heterocycles. The minimum Gasteiger partial charge on any atom is -0.418 e. The molecule has 74 valence electrons. The van der Waals surface area contributed by atoms with Crippen LogP contribution in [-0.4, -0.2) is 7.25 Å². The largest absolute Gasteiger partial charge is 0.673 e. The fourth-order valence-corrected chi connectivity index (χ4v) is 0.403. The Hall–Kier alpha value is -1.21. The molecule has 1 aromatic rings. The topological polar surface area (TPSA) is 3.88 Å². The monoisotopic (exact) mass is 203 g/mol. The van der Waals surface area contributed by atoms with Crippen molar-refractivity contribution in [3.05, 3.63) is 30.3 Å². The first-order valence-corrected chi connectivity index (χ1v) is 3.00. The fraction of sp³-hybridized carbons (Fsp3) is 0. The standard InChI is InChI=1S/C5H4F2N.BF4/c6-5-3-1-2-4-8(5)7;2-1(3,4)5/h1-4H;/q+1;-1. The van der Waals surface area contributed by atoms with E-state index in [9.17, 15) is 26.1 Å². The highest BCUT2D eigenvalue weighted by Gasteiger charge is 2.20. The van der Waals surface area contributed by atoms with Crippen LogP contribution in [0, 0.1) is 5.95 Å². The van der Waals surface area contributed by atoms with Gasteiger partial charge < -0.3 is 17.3 Å². The Kier molecular flexibility index (Phi) is 4.29. The molecule has 8 heteroatoms. The first-order valence-electron chi connectivity index (χ1n) is 3.00. The van der Waals surface area contributed by atoms with E-state index in [1.54, 1.807) is 0 Å². The van der Waals surface area contributed by atoms with Crippen molar-refractivity contribution in [2.45, 2.75) is 0 Å². The number of halogens is 6. The van der Waals surface area contributed by atoms with E-state index in [-0.39, 0.29) is 4.79 Å². The van der Waals surface area contributed by atoms with Gasteiger partial charge in [0.2, 0.25) is 6.20 Å². The van der Waals surface area contributed by atoms with Crippen molar-refractivity contribution < 1.29 is 30.9 Å². The van der Waals surface area contributed by atoms with Crippen LogP contribution in [0.1, 0.15) is 0 Å². The summed E-state index contributed by atoms with van der Waals surface area (Å²) in [7, 11) is -6.00. The summed E-state index contributed by atoms with van der Waals surface area (Å²) >= 11 is 0. The van der Waals surface area contributed by atoms with Crippen LogP contribution in [0.2, 0.25) is 0 Å². The smallest absolute Gasteiger partial charge is 0.418 e. The van der Waals surface area contributed by atoms with Crippen molar-refractivity contribution in [2.75, 3.05) is 0 Å². The van der Waals surface area contributed by atoms with E-state index in [4.69, 9.17) is 0 Å². The molecule has 0 aliphatic heterocycles. The Morgan fingerprint density at radius 2 is 1.54 bits per heavy atom. The van der Waals surface area contributed by atoms with Gasteiger partial charge in [-0.05, 0) is 6.07 Å². The molecule has 0 spiro atoms. The molecule has 0 atom stereocenters. The number of aromatic nitrogens is 1. The maximum atomic E-state index is 11.9. The van der Waals surface area contributed by atoms with Crippen LogP contribution >= 0.6 is 0 Å². The Bertz CT molecular complexity index is 234. The van der Waals surface area contributed by atoms with Gasteiger partial charge in [0.25, 0.3) is 0 Å². The van der Waals surface area contributed by atoms with Crippen molar-refractivity contribution in [2.24, 2.45) is 0 Å². The molecule has 0 saturated carbocycles. The molecule has 0 N–H and O–H groups in total. The summed E-state index contributed by atoms with van der Waals surface area (Å²) in [6.45, 7) is 0. The molecule has 1 nitrogen and oxygen atoms in total. The molecule has 1 heterocycles. The maximum absolute atomic E-state index is 11.9. The normalized spacial score (nSPS) is 10.3. The van der Waals surface area contributed by atoms with Gasteiger partial charge in [0, 0.05) is 12.1 Å². The summed E-state index contributed by atoms with van der Waals surface area (Å²) in [5, 5.41) is 0. The maximum Gasteiger partial charge on any atom is 0.673 e. The predicted molar refractivity (Wildman–Crippen MR) is 33.3 cm³/mol. The van der Waals surface area contributed by atoms with Crippen molar-refractivity contribution >= 4 is 7.25 Å². The van der Waals surface area contributed by atoms with E-state index in [0.717, 1.165) is 12.3 Å². The number of nitrogens with zero attached hydrogens (tertiary/aromatic N) is 1. The molecule has 0 aromatic carbocycles. The molecular formula is C5H4BF6N. The quantitative estimate of drug-likeness (QED) is 0.345. The Morgan fingerprint density at radius 1 is 1.08 bits per heavy atom. The summed E-state index contributed by atoms with van der Waals surface area (Å²) in [6.07, 6.45) is 0.995. The molecule has 0 bridgehead atoms. The molecule has 0 unspecified atom stereocenters. The zero-order valence-corrected chi connectivity index (χ0v) is 6.10. The molecule has 0 aliphatic rings. The SMILES string of the molecule is F[B-](F)(F)F.Fc1cccc[n+]1F. The van der Waals surface area contributed by atoms with E-state index in [1.807, 2.05) is 0 Å². The lowest BCUT2D eigenvalue weighted by molar-refractivity contribution is -0.865. The molecular weight excluding hydrogens is 199 g/mol. The highest BCUT2D eigenvalue weighted by molar-refractivity contribution is 6.50. The van der Waals surface area contributed by atoms with Gasteiger partial charge in [-0.3, -0.25) is 0 Å². The second kappa shape index (κ2) is 4.73. The molecule has 0 fully saturated rings. The average molecular weight is 203 g/mol. The Labute approximate surface area is 69.7 Å². The van der Waals surface area contributed by atoms with E-state index in [0.29, 0.717) is 0 Å². The number of rotatable bonds is 0. The predicted octanol–water partition coefficient (Wildman–Crippen LogP) is 2.15. The molecule has 1 aromatic heterocycles. The Morgan fingerprint density at radius 3 is 1.77 bits per heavy atom. The molecule has 1 rings (SSSR count). The minimum atomic E-state index is -6.00. The highest BCUT2D eigenvalue weighted by atomic mass is 19.5. The first kappa shape index (κ1) is 11.8. The lowest BCUT2D eigenvalue weighted by atomic mass is 10.3. The van der Waals surface area contributed by atoms with Gasteiger partial charge in [0.05, 0.1) is 9.27 Å². The van der Waals surface area contributed by atoms with Crippen molar-refractivity contribution in [1.29, 1.82) is 0 Å². The third-order valence-corrected chi connectivity index (χ3v) is 0.766. The van der Waals surface area contributed by atoms with Gasteiger partial charge in [-0.2, -0.15) is 0 Å². The molecule has 0 aliphatic carbocycles. The molecule has 13 heavy (non-hydrogen) atoms. The van der Waals surface area contributed by atoms with E-state index in [2.05, 4.69) is 0 Å². The third kappa shape index (κ3) is 8.70. The summed E-state index contributed by atoms with van der Waals surface area (Å²) in [5.74, 6) is -0.882. The van der Waals surface area contributed by atoms with E-state index in [1.165, 1.54) is 12.1 Å². The van der Waals surface area contributed by atoms with Crippen LogP contribution in [0.15, 0.2) is 24.4 Å². The van der Waals surface area contributed by atoms with Gasteiger partial charge in [-0.15, -0.1) is 4.39 Å². The van der Waals surface area contributed by atoms with Crippen molar-refractivity contribution in [1.82, 2.24) is 0 Å². The van der Waals surface area contributed by atoms with Crippen LogP contribution < -0.4 is 4.79 Å². The van der Waals surface area contributed by atoms with Crippen molar-refractivity contribution in [3.8, 4) is 0 Å². The summed E-state index contributed by atoms with van der Waals surface area (Å²) in [6, 6.07) is 3.87. The molecule has 0 amide bonds. The highest BCUT2D eigenvalue weighted by Crippen LogP contribution is 2.06. The van der Waals surface area contributed by atoms with Gasteiger partial charge in [0.1, 0.15) is 0 Å². The fourth-order valence-electron chi connectivity index (χ4n) is 0.403. The van der Waals surface area contributed by atoms with Crippen LogP contribution in [0.25, 0.3) is 0 Å². The van der Waals surface area contributed by atoms with Crippen LogP contribution in [0.4, 0.5) is 26.1 Å². The van der Waals surface area contributed by atoms with Gasteiger partial charge in [-0.25, -0.2) is 0 Å². The lowest BCUT2D eigenvalue weighted by Crippen LogP contribution is -2.25. The molecule has 0 radical (unpaired) electrons. The van der Waals surface area contributed by atoms with Crippen molar-refractivity contribution in [3.63, 3.8) is 0 Å². The average Bonchev–Trinajstić information content (AvgIpc) is 1.92. The van der Waals surface area contributed by atoms with Gasteiger partial charge in [-0.1, -0.05) is 0 Å². The van der Waals surface area contributed by atoms with Gasteiger partial charge in [0.15, 0.2) is 0 Å². The summed E-state index contributed by atoms with van der Waals surface area (Å²) in [5.41, 5.74) is 0. The minimum absolute atomic E-state index is 0.0833.